The first-order valence-electron chi connectivity index (χ1n) is 3.76. The van der Waals surface area contributed by atoms with Crippen LogP contribution in [0, 0.1) is 0 Å². The summed E-state index contributed by atoms with van der Waals surface area (Å²) in [6, 6.07) is 10.0. The zero-order valence-electron chi connectivity index (χ0n) is 7.74. The summed E-state index contributed by atoms with van der Waals surface area (Å²) < 4.78 is 0. The average molecular weight is 176 g/mol. The molecule has 0 fully saturated rings. The van der Waals surface area contributed by atoms with Crippen LogP contribution >= 0.6 is 0 Å². The van der Waals surface area contributed by atoms with Gasteiger partial charge in [0, 0.05) is 0 Å². The van der Waals surface area contributed by atoms with E-state index in [2.05, 4.69) is 19.7 Å². The molecule has 2 N–H and O–H groups in total. The van der Waals surface area contributed by atoms with Gasteiger partial charge < -0.3 is 5.48 Å². The maximum absolute atomic E-state index is 3.63. The molecule has 0 unspecified atom stereocenters. The second kappa shape index (κ2) is 10.4. The molecule has 0 amide bonds. The minimum absolute atomic E-state index is 0. The third-order valence-corrected chi connectivity index (χ3v) is 1.20. The van der Waals surface area contributed by atoms with Gasteiger partial charge in [0.2, 0.25) is 0 Å². The predicted octanol–water partition coefficient (Wildman–Crippen LogP) is 2.86. The van der Waals surface area contributed by atoms with Crippen LogP contribution in [0.25, 0.3) is 6.08 Å². The highest BCUT2D eigenvalue weighted by molar-refractivity contribution is 5.45. The van der Waals surface area contributed by atoms with E-state index < -0.39 is 0 Å². The fourth-order valence-corrected chi connectivity index (χ4v) is 0.589. The summed E-state index contributed by atoms with van der Waals surface area (Å²) in [5, 5.41) is 0. The molecule has 1 aromatic rings. The highest BCUT2D eigenvalue weighted by Crippen LogP contribution is 1.97. The lowest BCUT2D eigenvalue weighted by Gasteiger charge is -1.85. The van der Waals surface area contributed by atoms with Crippen LogP contribution in [0.1, 0.15) is 5.56 Å². The van der Waals surface area contributed by atoms with Crippen LogP contribution in [0.2, 0.25) is 0 Å². The normalized spacial score (nSPS) is 6.77. The van der Waals surface area contributed by atoms with Crippen LogP contribution in [0.3, 0.4) is 0 Å². The van der Waals surface area contributed by atoms with Crippen LogP contribution in [0.15, 0.2) is 62.2 Å². The second-order valence-corrected chi connectivity index (χ2v) is 2.09. The van der Waals surface area contributed by atoms with Gasteiger partial charge in [-0.3, -0.25) is 0 Å². The van der Waals surface area contributed by atoms with E-state index in [9.17, 15) is 0 Å². The number of allylic oxidation sites excluding steroid dienone is 2. The summed E-state index contributed by atoms with van der Waals surface area (Å²) in [5.74, 6) is 0. The second-order valence-electron chi connectivity index (χ2n) is 2.09. The van der Waals surface area contributed by atoms with Gasteiger partial charge in [0.25, 0.3) is 0 Å². The van der Waals surface area contributed by atoms with Crippen molar-refractivity contribution in [3.63, 3.8) is 0 Å². The van der Waals surface area contributed by atoms with Gasteiger partial charge in [0.1, 0.15) is 0 Å². The molecule has 1 heteroatoms. The first-order chi connectivity index (χ1) is 5.85. The predicted molar refractivity (Wildman–Crippen MR) is 60.5 cm³/mol. The van der Waals surface area contributed by atoms with Crippen LogP contribution in [-0.2, 0) is 0 Å². The van der Waals surface area contributed by atoms with E-state index in [4.69, 9.17) is 0 Å². The smallest absolute Gasteiger partial charge is 0.0263 e. The minimum atomic E-state index is 0. The Hall–Kier alpha value is -1.60. The highest BCUT2D eigenvalue weighted by Gasteiger charge is 1.75. The Kier molecular flexibility index (Phi) is 11.2. The SMILES string of the molecule is C=CC=C.C=Cc1ccccc1.O. The van der Waals surface area contributed by atoms with Crippen molar-refractivity contribution in [3.05, 3.63) is 67.8 Å². The number of hydrogen-bond donors (Lipinski definition) is 0. The van der Waals surface area contributed by atoms with Crippen molar-refractivity contribution in [2.24, 2.45) is 0 Å². The molecule has 0 aromatic heterocycles. The van der Waals surface area contributed by atoms with E-state index in [1.54, 1.807) is 12.2 Å². The van der Waals surface area contributed by atoms with Crippen LogP contribution < -0.4 is 0 Å². The van der Waals surface area contributed by atoms with Crippen molar-refractivity contribution in [2.75, 3.05) is 0 Å². The molecule has 0 saturated carbocycles. The topological polar surface area (TPSA) is 31.5 Å². The maximum Gasteiger partial charge on any atom is -0.0263 e. The molecule has 1 aromatic carbocycles. The quantitative estimate of drug-likeness (QED) is 0.620. The van der Waals surface area contributed by atoms with Gasteiger partial charge in [-0.25, -0.2) is 0 Å². The lowest BCUT2D eigenvalue weighted by atomic mass is 10.2. The zero-order chi connectivity index (χ0) is 9.23. The Labute approximate surface area is 80.0 Å². The Morgan fingerprint density at radius 1 is 0.846 bits per heavy atom. The maximum atomic E-state index is 3.63. The summed E-state index contributed by atoms with van der Waals surface area (Å²) in [5.41, 5.74) is 1.17. The van der Waals surface area contributed by atoms with Crippen molar-refractivity contribution in [3.8, 4) is 0 Å². The van der Waals surface area contributed by atoms with Crippen LogP contribution in [-0.4, -0.2) is 5.48 Å². The molecule has 0 aliphatic rings. The zero-order valence-corrected chi connectivity index (χ0v) is 7.74. The van der Waals surface area contributed by atoms with E-state index >= 15 is 0 Å². The van der Waals surface area contributed by atoms with Gasteiger partial charge in [-0.15, -0.1) is 0 Å². The Bertz CT molecular complexity index is 231. The summed E-state index contributed by atoms with van der Waals surface area (Å²) >= 11 is 0. The number of benzene rings is 1. The van der Waals surface area contributed by atoms with Gasteiger partial charge in [0.05, 0.1) is 0 Å². The molecule has 1 rings (SSSR count). The fourth-order valence-electron chi connectivity index (χ4n) is 0.589. The summed E-state index contributed by atoms with van der Waals surface area (Å²) in [7, 11) is 0. The fraction of sp³-hybridized carbons (Fsp3) is 0. The lowest BCUT2D eigenvalue weighted by Crippen LogP contribution is -1.63. The highest BCUT2D eigenvalue weighted by atomic mass is 16.0. The van der Waals surface area contributed by atoms with E-state index in [0.29, 0.717) is 0 Å². The average Bonchev–Trinajstić information content (AvgIpc) is 2.19. The Morgan fingerprint density at radius 3 is 1.54 bits per heavy atom. The van der Waals surface area contributed by atoms with Crippen molar-refractivity contribution in [1.29, 1.82) is 0 Å². The molecule has 0 aliphatic heterocycles. The summed E-state index contributed by atoms with van der Waals surface area (Å²) in [6.07, 6.45) is 5.11. The third-order valence-electron chi connectivity index (χ3n) is 1.20. The Balaban J connectivity index is 0. The minimum Gasteiger partial charge on any atom is -0.412 e. The molecule has 0 spiro atoms. The number of hydrogen-bond acceptors (Lipinski definition) is 0. The molecule has 0 atom stereocenters. The van der Waals surface area contributed by atoms with Crippen molar-refractivity contribution in [1.82, 2.24) is 0 Å². The number of rotatable bonds is 2. The van der Waals surface area contributed by atoms with Gasteiger partial charge in [0.15, 0.2) is 0 Å². The molecule has 0 saturated heterocycles. The van der Waals surface area contributed by atoms with Crippen LogP contribution in [0.4, 0.5) is 0 Å². The third kappa shape index (κ3) is 8.30. The monoisotopic (exact) mass is 176 g/mol. The molecule has 0 heterocycles. The standard InChI is InChI=1S/C8H8.C4H6.H2O/c1-2-8-6-4-3-5-7-8;1-3-4-2;/h2-7H,1H2;3-4H,1-2H2;1H2. The first-order valence-corrected chi connectivity index (χ1v) is 3.76. The summed E-state index contributed by atoms with van der Waals surface area (Å²) in [6.45, 7) is 10.4. The summed E-state index contributed by atoms with van der Waals surface area (Å²) in [4.78, 5) is 0. The molecule has 0 aliphatic carbocycles. The molecule has 1 nitrogen and oxygen atoms in total. The van der Waals surface area contributed by atoms with Gasteiger partial charge in [-0.2, -0.15) is 0 Å². The van der Waals surface area contributed by atoms with Gasteiger partial charge in [-0.1, -0.05) is 68.3 Å². The van der Waals surface area contributed by atoms with Crippen molar-refractivity contribution in [2.45, 2.75) is 0 Å². The molecular weight excluding hydrogens is 160 g/mol. The Morgan fingerprint density at radius 2 is 1.31 bits per heavy atom. The van der Waals surface area contributed by atoms with E-state index in [-0.39, 0.29) is 5.48 Å². The molecule has 0 radical (unpaired) electrons. The molecule has 13 heavy (non-hydrogen) atoms. The van der Waals surface area contributed by atoms with Gasteiger partial charge in [-0.05, 0) is 5.56 Å². The molecular formula is C12H16O. The van der Waals surface area contributed by atoms with Crippen molar-refractivity contribution >= 4 is 6.08 Å². The van der Waals surface area contributed by atoms with Crippen LogP contribution in [0.5, 0.6) is 0 Å². The lowest BCUT2D eigenvalue weighted by molar-refractivity contribution is 0.824. The van der Waals surface area contributed by atoms with E-state index in [1.807, 2.05) is 36.4 Å². The van der Waals surface area contributed by atoms with Gasteiger partial charge >= 0.3 is 0 Å². The largest absolute Gasteiger partial charge is 0.412 e. The van der Waals surface area contributed by atoms with Crippen molar-refractivity contribution < 1.29 is 5.48 Å². The van der Waals surface area contributed by atoms with E-state index in [0.717, 1.165) is 0 Å². The first kappa shape index (κ1) is 14.0. The molecule has 70 valence electrons. The molecule has 0 bridgehead atoms. The van der Waals surface area contributed by atoms with E-state index in [1.165, 1.54) is 5.56 Å².